The van der Waals surface area contributed by atoms with Gasteiger partial charge in [-0.05, 0) is 85.0 Å². The first-order valence-corrected chi connectivity index (χ1v) is 8.96. The van der Waals surface area contributed by atoms with Gasteiger partial charge in [-0.15, -0.1) is 0 Å². The fourth-order valence-electron chi connectivity index (χ4n) is 5.77. The minimum Gasteiger partial charge on any atom is -0.468 e. The van der Waals surface area contributed by atoms with Crippen molar-refractivity contribution in [1.29, 1.82) is 0 Å². The summed E-state index contributed by atoms with van der Waals surface area (Å²) >= 11 is 0. The Morgan fingerprint density at radius 3 is 2.95 bits per heavy atom. The molecule has 0 bridgehead atoms. The standard InChI is InChI=1S/C20H28O2/c1-20-10-3-4-19(20)18-7-5-14-12-15(22-13-21-2)6-8-16(14)17(18)9-11-20/h6,8,12,17-19H,3-5,7,9-11,13H2,1-2H3/t17-,18-,19+,20+/m1/s1. The molecule has 0 aliphatic heterocycles. The lowest BCUT2D eigenvalue weighted by Gasteiger charge is -2.49. The number of ether oxygens (including phenoxy) is 2. The van der Waals surface area contributed by atoms with Gasteiger partial charge < -0.3 is 9.47 Å². The Morgan fingerprint density at radius 1 is 1.18 bits per heavy atom. The van der Waals surface area contributed by atoms with Crippen molar-refractivity contribution in [2.45, 2.75) is 57.8 Å². The van der Waals surface area contributed by atoms with E-state index in [1.54, 1.807) is 12.7 Å². The molecule has 2 saturated carbocycles. The van der Waals surface area contributed by atoms with Gasteiger partial charge in [0.05, 0.1) is 0 Å². The molecule has 4 atom stereocenters. The summed E-state index contributed by atoms with van der Waals surface area (Å²) in [5.74, 6) is 3.67. The molecule has 0 aromatic heterocycles. The van der Waals surface area contributed by atoms with E-state index in [-0.39, 0.29) is 0 Å². The molecule has 0 saturated heterocycles. The van der Waals surface area contributed by atoms with Crippen LogP contribution in [0.3, 0.4) is 0 Å². The van der Waals surface area contributed by atoms with E-state index in [1.807, 2.05) is 0 Å². The van der Waals surface area contributed by atoms with Gasteiger partial charge >= 0.3 is 0 Å². The first-order valence-electron chi connectivity index (χ1n) is 8.96. The van der Waals surface area contributed by atoms with Gasteiger partial charge in [0.2, 0.25) is 0 Å². The van der Waals surface area contributed by atoms with E-state index in [0.717, 1.165) is 23.5 Å². The van der Waals surface area contributed by atoms with Crippen LogP contribution in [0.2, 0.25) is 0 Å². The number of benzene rings is 1. The first-order chi connectivity index (χ1) is 10.7. The number of methoxy groups -OCH3 is 1. The molecule has 0 amide bonds. The predicted octanol–water partition coefficient (Wildman–Crippen LogP) is 4.92. The average Bonchev–Trinajstić information content (AvgIpc) is 2.94. The molecule has 1 aromatic rings. The number of rotatable bonds is 3. The quantitative estimate of drug-likeness (QED) is 0.738. The molecule has 1 aromatic carbocycles. The fourth-order valence-corrected chi connectivity index (χ4v) is 5.77. The van der Waals surface area contributed by atoms with Crippen LogP contribution in [0, 0.1) is 17.3 Å². The Labute approximate surface area is 134 Å². The molecule has 3 aliphatic rings. The van der Waals surface area contributed by atoms with Crippen LogP contribution < -0.4 is 4.74 Å². The van der Waals surface area contributed by atoms with E-state index in [2.05, 4.69) is 25.1 Å². The highest BCUT2D eigenvalue weighted by molar-refractivity contribution is 5.40. The topological polar surface area (TPSA) is 18.5 Å². The van der Waals surface area contributed by atoms with Crippen molar-refractivity contribution in [3.05, 3.63) is 29.3 Å². The smallest absolute Gasteiger partial charge is 0.188 e. The average molecular weight is 300 g/mol. The summed E-state index contributed by atoms with van der Waals surface area (Å²) in [6.45, 7) is 2.91. The third-order valence-electron chi connectivity index (χ3n) is 6.82. The maximum absolute atomic E-state index is 5.62. The molecular formula is C20H28O2. The fraction of sp³-hybridized carbons (Fsp3) is 0.700. The number of hydrogen-bond acceptors (Lipinski definition) is 2. The van der Waals surface area contributed by atoms with Crippen molar-refractivity contribution in [3.8, 4) is 5.75 Å². The minimum atomic E-state index is 0.339. The summed E-state index contributed by atoms with van der Waals surface area (Å²) in [5, 5.41) is 0. The van der Waals surface area contributed by atoms with Gasteiger partial charge in [-0.2, -0.15) is 0 Å². The van der Waals surface area contributed by atoms with Crippen molar-refractivity contribution in [2.24, 2.45) is 17.3 Å². The van der Waals surface area contributed by atoms with Crippen LogP contribution in [0.4, 0.5) is 0 Å². The minimum absolute atomic E-state index is 0.339. The van der Waals surface area contributed by atoms with E-state index in [0.29, 0.717) is 12.2 Å². The van der Waals surface area contributed by atoms with Gasteiger partial charge in [0.15, 0.2) is 6.79 Å². The zero-order chi connectivity index (χ0) is 15.2. The van der Waals surface area contributed by atoms with Crippen LogP contribution in [-0.4, -0.2) is 13.9 Å². The van der Waals surface area contributed by atoms with Crippen LogP contribution in [0.1, 0.15) is 62.5 Å². The number of fused-ring (bicyclic) bond motifs is 5. The van der Waals surface area contributed by atoms with Gasteiger partial charge in [-0.3, -0.25) is 0 Å². The van der Waals surface area contributed by atoms with Gasteiger partial charge in [-0.1, -0.05) is 19.4 Å². The second-order valence-corrected chi connectivity index (χ2v) is 7.91. The number of aryl methyl sites for hydroxylation is 1. The van der Waals surface area contributed by atoms with Crippen molar-refractivity contribution in [3.63, 3.8) is 0 Å². The van der Waals surface area contributed by atoms with E-state index in [4.69, 9.17) is 9.47 Å². The van der Waals surface area contributed by atoms with E-state index in [1.165, 1.54) is 50.5 Å². The zero-order valence-corrected chi connectivity index (χ0v) is 13.9. The van der Waals surface area contributed by atoms with Crippen molar-refractivity contribution >= 4 is 0 Å². The van der Waals surface area contributed by atoms with Crippen LogP contribution >= 0.6 is 0 Å². The first kappa shape index (κ1) is 14.6. The monoisotopic (exact) mass is 300 g/mol. The molecular weight excluding hydrogens is 272 g/mol. The molecule has 120 valence electrons. The summed E-state index contributed by atoms with van der Waals surface area (Å²) in [6, 6.07) is 6.74. The predicted molar refractivity (Wildman–Crippen MR) is 88.2 cm³/mol. The van der Waals surface area contributed by atoms with Gasteiger partial charge in [-0.25, -0.2) is 0 Å². The van der Waals surface area contributed by atoms with Crippen molar-refractivity contribution in [1.82, 2.24) is 0 Å². The highest BCUT2D eigenvalue weighted by atomic mass is 16.7. The van der Waals surface area contributed by atoms with Crippen LogP contribution in [0.15, 0.2) is 18.2 Å². The molecule has 0 heterocycles. The van der Waals surface area contributed by atoms with Crippen LogP contribution in [0.25, 0.3) is 0 Å². The molecule has 0 radical (unpaired) electrons. The van der Waals surface area contributed by atoms with E-state index in [9.17, 15) is 0 Å². The van der Waals surface area contributed by atoms with Gasteiger partial charge in [0.25, 0.3) is 0 Å². The maximum Gasteiger partial charge on any atom is 0.188 e. The summed E-state index contributed by atoms with van der Waals surface area (Å²) in [5.41, 5.74) is 3.80. The summed E-state index contributed by atoms with van der Waals surface area (Å²) in [4.78, 5) is 0. The third kappa shape index (κ3) is 2.27. The largest absolute Gasteiger partial charge is 0.468 e. The maximum atomic E-state index is 5.62. The number of hydrogen-bond donors (Lipinski definition) is 0. The third-order valence-corrected chi connectivity index (χ3v) is 6.82. The molecule has 0 unspecified atom stereocenters. The van der Waals surface area contributed by atoms with Gasteiger partial charge in [0, 0.05) is 7.11 Å². The van der Waals surface area contributed by atoms with E-state index < -0.39 is 0 Å². The molecule has 0 N–H and O–H groups in total. The molecule has 3 aliphatic carbocycles. The van der Waals surface area contributed by atoms with Crippen LogP contribution in [0.5, 0.6) is 5.75 Å². The molecule has 4 rings (SSSR count). The second kappa shape index (κ2) is 5.56. The van der Waals surface area contributed by atoms with Gasteiger partial charge in [0.1, 0.15) is 5.75 Å². The Hall–Kier alpha value is -1.02. The Morgan fingerprint density at radius 2 is 2.09 bits per heavy atom. The van der Waals surface area contributed by atoms with Crippen molar-refractivity contribution < 1.29 is 9.47 Å². The molecule has 22 heavy (non-hydrogen) atoms. The van der Waals surface area contributed by atoms with E-state index >= 15 is 0 Å². The Kier molecular flexibility index (Phi) is 3.68. The lowest BCUT2D eigenvalue weighted by molar-refractivity contribution is 0.0502. The summed E-state index contributed by atoms with van der Waals surface area (Å²) in [7, 11) is 1.67. The van der Waals surface area contributed by atoms with Crippen molar-refractivity contribution in [2.75, 3.05) is 13.9 Å². The molecule has 2 fully saturated rings. The lowest BCUT2D eigenvalue weighted by atomic mass is 9.56. The second-order valence-electron chi connectivity index (χ2n) is 7.91. The highest BCUT2D eigenvalue weighted by Crippen LogP contribution is 2.60. The summed E-state index contributed by atoms with van der Waals surface area (Å²) in [6.07, 6.45) is 9.84. The van der Waals surface area contributed by atoms with Crippen LogP contribution in [-0.2, 0) is 11.2 Å². The highest BCUT2D eigenvalue weighted by Gasteiger charge is 2.50. The molecule has 0 spiro atoms. The Bertz CT molecular complexity index is 553. The summed E-state index contributed by atoms with van der Waals surface area (Å²) < 4.78 is 10.6. The lowest BCUT2D eigenvalue weighted by Crippen LogP contribution is -2.39. The Balaban J connectivity index is 1.60. The normalized spacial score (nSPS) is 36.4. The molecule has 2 nitrogen and oxygen atoms in total. The zero-order valence-electron chi connectivity index (χ0n) is 13.9. The SMILES string of the molecule is COCOc1ccc2c(c1)CC[C@@H]1[C@@H]2CC[C@]2(C)CCC[C@@H]12. The molecule has 2 heteroatoms.